The number of benzene rings is 2. The topological polar surface area (TPSA) is 110 Å². The van der Waals surface area contributed by atoms with Gasteiger partial charge in [0.2, 0.25) is 11.8 Å². The summed E-state index contributed by atoms with van der Waals surface area (Å²) >= 11 is 0. The van der Waals surface area contributed by atoms with E-state index in [2.05, 4.69) is 31.1 Å². The first-order valence-corrected chi connectivity index (χ1v) is 13.6. The zero-order chi connectivity index (χ0) is 28.1. The highest BCUT2D eigenvalue weighted by molar-refractivity contribution is 5.94. The Balaban J connectivity index is 1.21. The van der Waals surface area contributed by atoms with Crippen LogP contribution in [-0.2, 0) is 30.7 Å². The second kappa shape index (κ2) is 12.5. The van der Waals surface area contributed by atoms with E-state index in [4.69, 9.17) is 4.52 Å². The third kappa shape index (κ3) is 6.60. The minimum atomic E-state index is -0.553. The molecule has 11 heteroatoms. The largest absolute Gasteiger partial charge is 0.338 e. The summed E-state index contributed by atoms with van der Waals surface area (Å²) in [4.78, 5) is 21.9. The molecule has 0 fully saturated rings. The monoisotopic (exact) mass is 549 g/mol. The Morgan fingerprint density at radius 1 is 1.23 bits per heavy atom. The smallest absolute Gasteiger partial charge is 0.242 e. The van der Waals surface area contributed by atoms with Gasteiger partial charge >= 0.3 is 0 Å². The fraction of sp³-hybridized carbons (Fsp3) is 0.379. The molecule has 210 valence electrons. The number of rotatable bonds is 11. The number of carbonyl (C=O) groups is 1. The van der Waals surface area contributed by atoms with E-state index >= 15 is 0 Å². The summed E-state index contributed by atoms with van der Waals surface area (Å²) in [5.41, 5.74) is 3.19. The van der Waals surface area contributed by atoms with E-state index in [9.17, 15) is 13.6 Å². The summed E-state index contributed by atoms with van der Waals surface area (Å²) in [5, 5.41) is 13.5. The molecule has 1 aliphatic carbocycles. The molecular weight excluding hydrogens is 516 g/mol. The van der Waals surface area contributed by atoms with Gasteiger partial charge in [-0.3, -0.25) is 4.79 Å². The standard InChI is InChI=1S/C29H33F2N7O2/c1-3-6-25(35-22-10-9-19-11-21(30)12-24(31)23(19)13-22)29(39)36-27-16-38(17-33-27)26-8-5-4-7-20(26)14-32-15-28-34-18(2)37-40-28/h4-5,7-8,11-12,16-17,22,25,32,35H,3,6,9-10,13-15H2,1-2H3,(H,36,39)/t22-,25?/m0/s1. The quantitative estimate of drug-likeness (QED) is 0.255. The van der Waals surface area contributed by atoms with Crippen LogP contribution in [0.5, 0.6) is 0 Å². The SMILES string of the molecule is CCCC(N[C@H]1CCc2cc(F)cc(F)c2C1)C(=O)Nc1cn(-c2ccccc2CNCc2nc(C)no2)cn1. The van der Waals surface area contributed by atoms with E-state index in [1.165, 1.54) is 6.07 Å². The number of halogens is 2. The maximum atomic E-state index is 14.4. The highest BCUT2D eigenvalue weighted by Crippen LogP contribution is 2.26. The molecule has 1 amide bonds. The molecule has 2 heterocycles. The molecule has 2 aromatic carbocycles. The van der Waals surface area contributed by atoms with Crippen molar-refractivity contribution in [1.29, 1.82) is 0 Å². The van der Waals surface area contributed by atoms with E-state index in [-0.39, 0.29) is 11.9 Å². The number of anilines is 1. The van der Waals surface area contributed by atoms with Crippen molar-refractivity contribution in [2.75, 3.05) is 5.32 Å². The lowest BCUT2D eigenvalue weighted by Gasteiger charge is -2.29. The Morgan fingerprint density at radius 3 is 2.88 bits per heavy atom. The second-order valence-electron chi connectivity index (χ2n) is 10.1. The Labute approximate surface area is 231 Å². The molecule has 5 rings (SSSR count). The molecule has 0 bridgehead atoms. The normalized spacial score (nSPS) is 15.6. The van der Waals surface area contributed by atoms with E-state index in [0.29, 0.717) is 67.4 Å². The van der Waals surface area contributed by atoms with Crippen LogP contribution in [0.15, 0.2) is 53.4 Å². The van der Waals surface area contributed by atoms with Gasteiger partial charge in [0.15, 0.2) is 11.6 Å². The molecule has 1 aliphatic rings. The van der Waals surface area contributed by atoms with Crippen molar-refractivity contribution in [3.05, 3.63) is 89.0 Å². The van der Waals surface area contributed by atoms with Gasteiger partial charge in [-0.05, 0) is 61.4 Å². The van der Waals surface area contributed by atoms with E-state index in [0.717, 1.165) is 23.7 Å². The number of hydrogen-bond acceptors (Lipinski definition) is 7. The molecule has 0 spiro atoms. The van der Waals surface area contributed by atoms with Crippen molar-refractivity contribution < 1.29 is 18.1 Å². The summed E-state index contributed by atoms with van der Waals surface area (Å²) < 4.78 is 35.0. The number of para-hydroxylation sites is 1. The van der Waals surface area contributed by atoms with Crippen LogP contribution < -0.4 is 16.0 Å². The minimum absolute atomic E-state index is 0.0808. The zero-order valence-electron chi connectivity index (χ0n) is 22.6. The first kappa shape index (κ1) is 27.6. The maximum Gasteiger partial charge on any atom is 0.242 e. The molecule has 40 heavy (non-hydrogen) atoms. The van der Waals surface area contributed by atoms with Crippen LogP contribution in [0.3, 0.4) is 0 Å². The van der Waals surface area contributed by atoms with Crippen LogP contribution in [0, 0.1) is 18.6 Å². The Bertz CT molecular complexity index is 1470. The molecular formula is C29H33F2N7O2. The van der Waals surface area contributed by atoms with Gasteiger partial charge in [-0.15, -0.1) is 0 Å². The van der Waals surface area contributed by atoms with Gasteiger partial charge in [-0.2, -0.15) is 4.98 Å². The zero-order valence-corrected chi connectivity index (χ0v) is 22.6. The fourth-order valence-corrected chi connectivity index (χ4v) is 5.15. The molecule has 0 aliphatic heterocycles. The summed E-state index contributed by atoms with van der Waals surface area (Å²) in [5.74, 6) is 0.284. The molecule has 0 saturated heterocycles. The first-order valence-electron chi connectivity index (χ1n) is 13.6. The van der Waals surface area contributed by atoms with Gasteiger partial charge in [-0.25, -0.2) is 13.8 Å². The number of nitrogens with zero attached hydrogens (tertiary/aromatic N) is 4. The molecule has 0 radical (unpaired) electrons. The summed E-state index contributed by atoms with van der Waals surface area (Å²) in [6.45, 7) is 4.80. The average Bonchev–Trinajstić information content (AvgIpc) is 3.57. The number of aromatic nitrogens is 4. The molecule has 9 nitrogen and oxygen atoms in total. The van der Waals surface area contributed by atoms with Gasteiger partial charge in [0, 0.05) is 18.7 Å². The number of carbonyl (C=O) groups excluding carboxylic acids is 1. The highest BCUT2D eigenvalue weighted by Gasteiger charge is 2.27. The van der Waals surface area contributed by atoms with Gasteiger partial charge in [0.25, 0.3) is 0 Å². The van der Waals surface area contributed by atoms with E-state index < -0.39 is 17.7 Å². The van der Waals surface area contributed by atoms with E-state index in [1.807, 2.05) is 35.8 Å². The van der Waals surface area contributed by atoms with Crippen LogP contribution in [-0.4, -0.2) is 37.7 Å². The lowest BCUT2D eigenvalue weighted by Crippen LogP contribution is -2.48. The number of nitrogens with one attached hydrogen (secondary N) is 3. The van der Waals surface area contributed by atoms with Crippen LogP contribution in [0.2, 0.25) is 0 Å². The molecule has 2 atom stereocenters. The van der Waals surface area contributed by atoms with Crippen LogP contribution in [0.25, 0.3) is 5.69 Å². The molecule has 4 aromatic rings. The van der Waals surface area contributed by atoms with Crippen LogP contribution in [0.4, 0.5) is 14.6 Å². The Kier molecular flexibility index (Phi) is 8.61. The fourth-order valence-electron chi connectivity index (χ4n) is 5.15. The lowest BCUT2D eigenvalue weighted by atomic mass is 9.87. The molecule has 2 aromatic heterocycles. The number of aryl methyl sites for hydroxylation is 2. The molecule has 1 unspecified atom stereocenters. The summed E-state index contributed by atoms with van der Waals surface area (Å²) in [6.07, 6.45) is 6.55. The molecule has 3 N–H and O–H groups in total. The van der Waals surface area contributed by atoms with Gasteiger partial charge in [0.05, 0.1) is 24.5 Å². The Hall–Kier alpha value is -3.96. The third-order valence-electron chi connectivity index (χ3n) is 7.06. The van der Waals surface area contributed by atoms with Crippen molar-refractivity contribution in [2.24, 2.45) is 0 Å². The van der Waals surface area contributed by atoms with Gasteiger partial charge in [0.1, 0.15) is 18.0 Å². The van der Waals surface area contributed by atoms with Gasteiger partial charge < -0.3 is 25.0 Å². The predicted molar refractivity (Wildman–Crippen MR) is 146 cm³/mol. The summed E-state index contributed by atoms with van der Waals surface area (Å²) in [6, 6.07) is 9.69. The third-order valence-corrected chi connectivity index (χ3v) is 7.06. The minimum Gasteiger partial charge on any atom is -0.338 e. The number of amides is 1. The second-order valence-corrected chi connectivity index (χ2v) is 10.1. The van der Waals surface area contributed by atoms with Crippen LogP contribution >= 0.6 is 0 Å². The first-order chi connectivity index (χ1) is 19.4. The summed E-state index contributed by atoms with van der Waals surface area (Å²) in [7, 11) is 0. The van der Waals surface area contributed by atoms with Crippen LogP contribution in [0.1, 0.15) is 54.6 Å². The number of imidazole rings is 1. The van der Waals surface area contributed by atoms with Crippen molar-refractivity contribution in [3.8, 4) is 5.69 Å². The van der Waals surface area contributed by atoms with Gasteiger partial charge in [-0.1, -0.05) is 36.7 Å². The average molecular weight is 550 g/mol. The van der Waals surface area contributed by atoms with E-state index in [1.54, 1.807) is 19.4 Å². The number of hydrogen-bond donors (Lipinski definition) is 3. The van der Waals surface area contributed by atoms with Crippen molar-refractivity contribution >= 4 is 11.7 Å². The van der Waals surface area contributed by atoms with Crippen molar-refractivity contribution in [2.45, 2.75) is 71.1 Å². The van der Waals surface area contributed by atoms with Crippen molar-refractivity contribution in [3.63, 3.8) is 0 Å². The Morgan fingerprint density at radius 2 is 2.08 bits per heavy atom. The van der Waals surface area contributed by atoms with Crippen molar-refractivity contribution in [1.82, 2.24) is 30.3 Å². The lowest BCUT2D eigenvalue weighted by molar-refractivity contribution is -0.118. The molecule has 0 saturated carbocycles. The maximum absolute atomic E-state index is 14.4. The highest BCUT2D eigenvalue weighted by atomic mass is 19.1. The number of fused-ring (bicyclic) bond motifs is 1. The predicted octanol–water partition coefficient (Wildman–Crippen LogP) is 4.39.